The zero-order chi connectivity index (χ0) is 17.7. The summed E-state index contributed by atoms with van der Waals surface area (Å²) in [4.78, 5) is 12.1. The fraction of sp³-hybridized carbons (Fsp3) is 0.588. The maximum absolute atomic E-state index is 13.0. The van der Waals surface area contributed by atoms with E-state index < -0.39 is 30.0 Å². The van der Waals surface area contributed by atoms with E-state index in [1.165, 1.54) is 7.11 Å². The number of aliphatic hydroxyl groups excluding tert-OH is 1. The molecule has 24 heavy (non-hydrogen) atoms. The third-order valence-corrected chi connectivity index (χ3v) is 4.49. The average molecular weight is 345 g/mol. The number of nitrogens with one attached hydrogen (secondary N) is 1. The molecular weight excluding hydrogens is 323 g/mol. The van der Waals surface area contributed by atoms with Gasteiger partial charge in [-0.15, -0.1) is 0 Å². The number of carbonyl (C=O) groups excluding carboxylic acids is 1. The third-order valence-electron chi connectivity index (χ3n) is 4.49. The molecule has 0 heterocycles. The first-order chi connectivity index (χ1) is 11.3. The van der Waals surface area contributed by atoms with Crippen molar-refractivity contribution in [2.75, 3.05) is 13.7 Å². The highest BCUT2D eigenvalue weighted by Crippen LogP contribution is 2.41. The van der Waals surface area contributed by atoms with Crippen LogP contribution in [0.15, 0.2) is 24.3 Å². The summed E-state index contributed by atoms with van der Waals surface area (Å²) in [6.45, 7) is -0.119. The highest BCUT2D eigenvalue weighted by Gasteiger charge is 2.47. The lowest BCUT2D eigenvalue weighted by molar-refractivity contribution is -0.198. The molecule has 1 aliphatic carbocycles. The summed E-state index contributed by atoms with van der Waals surface area (Å²) in [7, 11) is 1.52. The van der Waals surface area contributed by atoms with Crippen molar-refractivity contribution in [3.63, 3.8) is 0 Å². The largest absolute Gasteiger partial charge is 0.497 e. The SMILES string of the molecule is COc1ccc([C@H](O)CNC(=O)[C@H]2CCCC[C@@H]2C(F)(F)F)cc1. The predicted molar refractivity (Wildman–Crippen MR) is 82.5 cm³/mol. The van der Waals surface area contributed by atoms with Gasteiger partial charge in [0.25, 0.3) is 0 Å². The molecule has 2 rings (SSSR count). The van der Waals surface area contributed by atoms with Crippen molar-refractivity contribution in [1.29, 1.82) is 0 Å². The fourth-order valence-electron chi connectivity index (χ4n) is 3.11. The van der Waals surface area contributed by atoms with Crippen LogP contribution in [-0.2, 0) is 4.79 Å². The van der Waals surface area contributed by atoms with Crippen LogP contribution in [0.5, 0.6) is 5.75 Å². The van der Waals surface area contributed by atoms with Crippen LogP contribution in [0, 0.1) is 11.8 Å². The number of alkyl halides is 3. The Morgan fingerprint density at radius 3 is 2.50 bits per heavy atom. The number of rotatable bonds is 5. The van der Waals surface area contributed by atoms with Gasteiger partial charge in [-0.05, 0) is 30.5 Å². The van der Waals surface area contributed by atoms with Gasteiger partial charge in [-0.2, -0.15) is 13.2 Å². The van der Waals surface area contributed by atoms with Gasteiger partial charge in [0.1, 0.15) is 5.75 Å². The van der Waals surface area contributed by atoms with Crippen LogP contribution in [0.25, 0.3) is 0 Å². The number of hydrogen-bond donors (Lipinski definition) is 2. The Bertz CT molecular complexity index is 545. The van der Waals surface area contributed by atoms with Crippen LogP contribution in [0.3, 0.4) is 0 Å². The van der Waals surface area contributed by atoms with Crippen molar-refractivity contribution < 1.29 is 27.8 Å². The zero-order valence-electron chi connectivity index (χ0n) is 13.5. The monoisotopic (exact) mass is 345 g/mol. The van der Waals surface area contributed by atoms with E-state index in [-0.39, 0.29) is 19.4 Å². The van der Waals surface area contributed by atoms with Crippen LogP contribution >= 0.6 is 0 Å². The van der Waals surface area contributed by atoms with Crippen molar-refractivity contribution in [1.82, 2.24) is 5.32 Å². The number of halogens is 3. The first kappa shape index (κ1) is 18.6. The summed E-state index contributed by atoms with van der Waals surface area (Å²) >= 11 is 0. The molecular formula is C17H22F3NO3. The van der Waals surface area contributed by atoms with Gasteiger partial charge in [0, 0.05) is 12.5 Å². The average Bonchev–Trinajstić information content (AvgIpc) is 2.58. The van der Waals surface area contributed by atoms with E-state index in [2.05, 4.69) is 5.32 Å². The van der Waals surface area contributed by atoms with Crippen molar-refractivity contribution in [3.8, 4) is 5.75 Å². The minimum Gasteiger partial charge on any atom is -0.497 e. The summed E-state index contributed by atoms with van der Waals surface area (Å²) in [6.07, 6.45) is -4.02. The summed E-state index contributed by atoms with van der Waals surface area (Å²) in [5, 5.41) is 12.5. The summed E-state index contributed by atoms with van der Waals surface area (Å²) in [5.74, 6) is -2.67. The van der Waals surface area contributed by atoms with Gasteiger partial charge < -0.3 is 15.2 Å². The molecule has 1 fully saturated rings. The van der Waals surface area contributed by atoms with Gasteiger partial charge in [0.15, 0.2) is 0 Å². The Labute approximate surface area is 139 Å². The molecule has 1 aromatic rings. The van der Waals surface area contributed by atoms with E-state index in [0.29, 0.717) is 24.2 Å². The van der Waals surface area contributed by atoms with Crippen LogP contribution < -0.4 is 10.1 Å². The number of benzene rings is 1. The van der Waals surface area contributed by atoms with Gasteiger partial charge >= 0.3 is 6.18 Å². The van der Waals surface area contributed by atoms with E-state index in [1.807, 2.05) is 0 Å². The maximum atomic E-state index is 13.0. The van der Waals surface area contributed by atoms with Gasteiger partial charge in [0.05, 0.1) is 19.1 Å². The van der Waals surface area contributed by atoms with Crippen molar-refractivity contribution in [2.45, 2.75) is 38.0 Å². The predicted octanol–water partition coefficient (Wildman–Crippen LogP) is 3.21. The smallest absolute Gasteiger partial charge is 0.392 e. The Morgan fingerprint density at radius 1 is 1.29 bits per heavy atom. The molecule has 2 N–H and O–H groups in total. The number of hydrogen-bond acceptors (Lipinski definition) is 3. The lowest BCUT2D eigenvalue weighted by atomic mass is 9.78. The van der Waals surface area contributed by atoms with Crippen LogP contribution in [0.2, 0.25) is 0 Å². The Morgan fingerprint density at radius 2 is 1.92 bits per heavy atom. The van der Waals surface area contributed by atoms with Crippen molar-refractivity contribution >= 4 is 5.91 Å². The zero-order valence-corrected chi connectivity index (χ0v) is 13.5. The molecule has 1 amide bonds. The highest BCUT2D eigenvalue weighted by molar-refractivity contribution is 5.79. The van der Waals surface area contributed by atoms with E-state index in [9.17, 15) is 23.1 Å². The molecule has 0 aliphatic heterocycles. The summed E-state index contributed by atoms with van der Waals surface area (Å²) in [5.41, 5.74) is 0.562. The first-order valence-corrected chi connectivity index (χ1v) is 7.99. The van der Waals surface area contributed by atoms with Crippen LogP contribution in [-0.4, -0.2) is 30.8 Å². The molecule has 134 valence electrons. The fourth-order valence-corrected chi connectivity index (χ4v) is 3.11. The van der Waals surface area contributed by atoms with Crippen molar-refractivity contribution in [3.05, 3.63) is 29.8 Å². The van der Waals surface area contributed by atoms with Gasteiger partial charge in [-0.25, -0.2) is 0 Å². The molecule has 0 radical (unpaired) electrons. The van der Waals surface area contributed by atoms with E-state index >= 15 is 0 Å². The van der Waals surface area contributed by atoms with Crippen LogP contribution in [0.4, 0.5) is 13.2 Å². The Hall–Kier alpha value is -1.76. The van der Waals surface area contributed by atoms with E-state index in [0.717, 1.165) is 0 Å². The maximum Gasteiger partial charge on any atom is 0.392 e. The number of aliphatic hydroxyl groups is 1. The number of carbonyl (C=O) groups is 1. The van der Waals surface area contributed by atoms with Gasteiger partial charge in [0.2, 0.25) is 5.91 Å². The number of amides is 1. The molecule has 0 aromatic heterocycles. The second-order valence-corrected chi connectivity index (χ2v) is 6.07. The summed E-state index contributed by atoms with van der Waals surface area (Å²) < 4.78 is 44.1. The lowest BCUT2D eigenvalue weighted by Crippen LogP contribution is -2.43. The van der Waals surface area contributed by atoms with E-state index in [4.69, 9.17) is 4.74 Å². The lowest BCUT2D eigenvalue weighted by Gasteiger charge is -2.32. The standard InChI is InChI=1S/C17H22F3NO3/c1-24-12-8-6-11(7-9-12)15(22)10-21-16(23)13-4-2-3-5-14(13)17(18,19)20/h6-9,13-15,22H,2-5,10H2,1H3,(H,21,23)/t13-,14-,15+/m0/s1. The van der Waals surface area contributed by atoms with Gasteiger partial charge in [-0.1, -0.05) is 25.0 Å². The minimum atomic E-state index is -4.36. The molecule has 7 heteroatoms. The Kier molecular flexibility index (Phi) is 6.10. The van der Waals surface area contributed by atoms with Gasteiger partial charge in [-0.3, -0.25) is 4.79 Å². The van der Waals surface area contributed by atoms with Crippen molar-refractivity contribution in [2.24, 2.45) is 11.8 Å². The molecule has 4 nitrogen and oxygen atoms in total. The van der Waals surface area contributed by atoms with E-state index in [1.54, 1.807) is 24.3 Å². The number of methoxy groups -OCH3 is 1. The molecule has 1 aliphatic rings. The third kappa shape index (κ3) is 4.63. The molecule has 0 saturated heterocycles. The van der Waals surface area contributed by atoms with Crippen LogP contribution in [0.1, 0.15) is 37.4 Å². The molecule has 3 atom stereocenters. The minimum absolute atomic E-state index is 0.0113. The topological polar surface area (TPSA) is 58.6 Å². The number of ether oxygens (including phenoxy) is 1. The quantitative estimate of drug-likeness (QED) is 0.861. The molecule has 0 bridgehead atoms. The Balaban J connectivity index is 1.93. The summed E-state index contributed by atoms with van der Waals surface area (Å²) in [6, 6.07) is 6.63. The molecule has 0 spiro atoms. The first-order valence-electron chi connectivity index (χ1n) is 7.99. The highest BCUT2D eigenvalue weighted by atomic mass is 19.4. The second kappa shape index (κ2) is 7.88. The second-order valence-electron chi connectivity index (χ2n) is 6.07. The normalized spacial score (nSPS) is 22.7. The molecule has 0 unspecified atom stereocenters. The molecule has 1 saturated carbocycles. The molecule has 1 aromatic carbocycles.